The molecule has 0 N–H and O–H groups in total. The molecule has 0 atom stereocenters. The standard InChI is InChI=1S/C8H14O.Na.H/c9-8-6-4-2-1-3-5-7-8;;/h1-7H2;;/q;+1;-1. The van der Waals surface area contributed by atoms with E-state index in [0.717, 1.165) is 25.7 Å². The van der Waals surface area contributed by atoms with E-state index in [9.17, 15) is 4.79 Å². The van der Waals surface area contributed by atoms with E-state index >= 15 is 0 Å². The van der Waals surface area contributed by atoms with Crippen molar-refractivity contribution in [1.29, 1.82) is 0 Å². The summed E-state index contributed by atoms with van der Waals surface area (Å²) in [5.74, 6) is 0.481. The minimum Gasteiger partial charge on any atom is -1.00 e. The fourth-order valence-electron chi connectivity index (χ4n) is 1.30. The molecule has 0 aromatic rings. The third kappa shape index (κ3) is 4.48. The van der Waals surface area contributed by atoms with Crippen molar-refractivity contribution in [3.63, 3.8) is 0 Å². The SMILES string of the molecule is O=C1CCCCCCC1.[H-].[Na+]. The normalized spacial score (nSPS) is 20.6. The maximum atomic E-state index is 10.8. The zero-order valence-corrected chi connectivity index (χ0v) is 8.86. The summed E-state index contributed by atoms with van der Waals surface area (Å²) in [5.41, 5.74) is 0. The first-order valence-electron chi connectivity index (χ1n) is 3.91. The summed E-state index contributed by atoms with van der Waals surface area (Å²) in [7, 11) is 0. The van der Waals surface area contributed by atoms with Gasteiger partial charge in [0.05, 0.1) is 0 Å². The van der Waals surface area contributed by atoms with E-state index < -0.39 is 0 Å². The molecule has 0 radical (unpaired) electrons. The van der Waals surface area contributed by atoms with E-state index in [1.807, 2.05) is 0 Å². The van der Waals surface area contributed by atoms with Gasteiger partial charge in [-0.1, -0.05) is 19.3 Å². The fraction of sp³-hybridized carbons (Fsp3) is 0.875. The van der Waals surface area contributed by atoms with Crippen LogP contribution in [0.4, 0.5) is 0 Å². The molecule has 0 aromatic heterocycles. The number of carbonyl (C=O) groups is 1. The van der Waals surface area contributed by atoms with Crippen molar-refractivity contribution in [1.82, 2.24) is 0 Å². The molecule has 1 aliphatic carbocycles. The van der Waals surface area contributed by atoms with Crippen molar-refractivity contribution in [3.8, 4) is 0 Å². The molecule has 1 fully saturated rings. The van der Waals surface area contributed by atoms with Gasteiger partial charge in [0.1, 0.15) is 5.78 Å². The van der Waals surface area contributed by atoms with Gasteiger partial charge < -0.3 is 1.43 Å². The molecule has 1 saturated carbocycles. The molecule has 0 bridgehead atoms. The van der Waals surface area contributed by atoms with Crippen molar-refractivity contribution >= 4 is 5.78 Å². The second-order valence-corrected chi connectivity index (χ2v) is 2.81. The van der Waals surface area contributed by atoms with Gasteiger partial charge in [-0.25, -0.2) is 0 Å². The van der Waals surface area contributed by atoms with Gasteiger partial charge in [-0.2, -0.15) is 0 Å². The molecule has 0 spiro atoms. The molecule has 0 saturated heterocycles. The van der Waals surface area contributed by atoms with Crippen LogP contribution in [0.3, 0.4) is 0 Å². The van der Waals surface area contributed by atoms with Crippen molar-refractivity contribution in [2.24, 2.45) is 0 Å². The number of carbonyl (C=O) groups excluding carboxylic acids is 1. The number of hydrogen-bond donors (Lipinski definition) is 0. The molecule has 2 heteroatoms. The van der Waals surface area contributed by atoms with E-state index in [1.165, 1.54) is 19.3 Å². The molecule has 0 unspecified atom stereocenters. The van der Waals surface area contributed by atoms with E-state index in [-0.39, 0.29) is 31.0 Å². The average Bonchev–Trinajstić information content (AvgIpc) is 1.79. The smallest absolute Gasteiger partial charge is 1.00 e. The first-order valence-corrected chi connectivity index (χ1v) is 3.91. The van der Waals surface area contributed by atoms with E-state index in [4.69, 9.17) is 0 Å². The van der Waals surface area contributed by atoms with Crippen LogP contribution in [0.25, 0.3) is 0 Å². The largest absolute Gasteiger partial charge is 1.00 e. The monoisotopic (exact) mass is 150 g/mol. The Morgan fingerprint density at radius 2 is 1.30 bits per heavy atom. The fourth-order valence-corrected chi connectivity index (χ4v) is 1.30. The van der Waals surface area contributed by atoms with Crippen LogP contribution in [0.15, 0.2) is 0 Å². The Labute approximate surface area is 86.3 Å². The zero-order chi connectivity index (χ0) is 6.53. The molecular formula is C8H15NaO. The van der Waals surface area contributed by atoms with Crippen molar-refractivity contribution in [3.05, 3.63) is 0 Å². The van der Waals surface area contributed by atoms with Gasteiger partial charge in [0.2, 0.25) is 0 Å². The van der Waals surface area contributed by atoms with Gasteiger partial charge in [0, 0.05) is 12.8 Å². The summed E-state index contributed by atoms with van der Waals surface area (Å²) in [5, 5.41) is 0. The van der Waals surface area contributed by atoms with E-state index in [1.54, 1.807) is 0 Å². The maximum absolute atomic E-state index is 10.8. The summed E-state index contributed by atoms with van der Waals surface area (Å²) >= 11 is 0. The second-order valence-electron chi connectivity index (χ2n) is 2.81. The predicted octanol–water partition coefficient (Wildman–Crippen LogP) is -0.584. The van der Waals surface area contributed by atoms with E-state index in [2.05, 4.69) is 0 Å². The number of rotatable bonds is 0. The Bertz CT molecular complexity index is 96.3. The summed E-state index contributed by atoms with van der Waals surface area (Å²) in [6.07, 6.45) is 7.85. The van der Waals surface area contributed by atoms with Gasteiger partial charge in [0.15, 0.2) is 0 Å². The quantitative estimate of drug-likeness (QED) is 0.422. The zero-order valence-electron chi connectivity index (χ0n) is 7.86. The van der Waals surface area contributed by atoms with Crippen LogP contribution >= 0.6 is 0 Å². The minimum atomic E-state index is 0. The molecule has 0 aliphatic heterocycles. The van der Waals surface area contributed by atoms with Crippen molar-refractivity contribution in [2.45, 2.75) is 44.9 Å². The van der Waals surface area contributed by atoms with E-state index in [0.29, 0.717) is 5.78 Å². The van der Waals surface area contributed by atoms with Gasteiger partial charge in [0.25, 0.3) is 0 Å². The van der Waals surface area contributed by atoms with Crippen LogP contribution in [0.2, 0.25) is 0 Å². The average molecular weight is 150 g/mol. The molecule has 0 amide bonds. The third-order valence-electron chi connectivity index (χ3n) is 1.91. The first-order chi connectivity index (χ1) is 4.39. The van der Waals surface area contributed by atoms with Crippen LogP contribution < -0.4 is 29.6 Å². The van der Waals surface area contributed by atoms with Crippen molar-refractivity contribution < 1.29 is 35.8 Å². The van der Waals surface area contributed by atoms with Crippen LogP contribution in [0, 0.1) is 0 Å². The van der Waals surface area contributed by atoms with Gasteiger partial charge >= 0.3 is 29.6 Å². The Kier molecular flexibility index (Phi) is 6.81. The second kappa shape index (κ2) is 6.38. The van der Waals surface area contributed by atoms with Crippen LogP contribution in [-0.4, -0.2) is 5.78 Å². The van der Waals surface area contributed by atoms with Gasteiger partial charge in [-0.3, -0.25) is 4.79 Å². The third-order valence-corrected chi connectivity index (χ3v) is 1.91. The Morgan fingerprint density at radius 1 is 0.900 bits per heavy atom. The topological polar surface area (TPSA) is 17.1 Å². The van der Waals surface area contributed by atoms with Gasteiger partial charge in [-0.05, 0) is 12.8 Å². The summed E-state index contributed by atoms with van der Waals surface area (Å²) < 4.78 is 0. The molecule has 1 rings (SSSR count). The molecule has 0 aromatic carbocycles. The molecule has 1 nitrogen and oxygen atoms in total. The maximum Gasteiger partial charge on any atom is 1.00 e. The Hall–Kier alpha value is 0.670. The Morgan fingerprint density at radius 3 is 1.80 bits per heavy atom. The number of ketones is 1. The van der Waals surface area contributed by atoms with Gasteiger partial charge in [-0.15, -0.1) is 0 Å². The molecule has 0 heterocycles. The molecule has 54 valence electrons. The molecular weight excluding hydrogens is 135 g/mol. The summed E-state index contributed by atoms with van der Waals surface area (Å²) in [4.78, 5) is 10.8. The number of hydrogen-bond acceptors (Lipinski definition) is 1. The summed E-state index contributed by atoms with van der Waals surface area (Å²) in [6, 6.07) is 0. The summed E-state index contributed by atoms with van der Waals surface area (Å²) in [6.45, 7) is 0. The van der Waals surface area contributed by atoms with Crippen LogP contribution in [0.1, 0.15) is 46.4 Å². The Balaban J connectivity index is 0. The minimum absolute atomic E-state index is 0. The first kappa shape index (κ1) is 10.7. The van der Waals surface area contributed by atoms with Crippen LogP contribution in [0.5, 0.6) is 0 Å². The molecule has 10 heavy (non-hydrogen) atoms. The predicted molar refractivity (Wildman–Crippen MR) is 38.4 cm³/mol. The van der Waals surface area contributed by atoms with Crippen molar-refractivity contribution in [2.75, 3.05) is 0 Å². The van der Waals surface area contributed by atoms with Crippen LogP contribution in [-0.2, 0) is 4.79 Å². The molecule has 1 aliphatic rings. The number of Topliss-reactive ketones (excluding diaryl/α,β-unsaturated/α-hetero) is 1.